The third kappa shape index (κ3) is 4.16. The Labute approximate surface area is 128 Å². The molecule has 1 unspecified atom stereocenters. The minimum absolute atomic E-state index is 0.155. The van der Waals surface area contributed by atoms with Crippen LogP contribution in [0.1, 0.15) is 18.4 Å². The van der Waals surface area contributed by atoms with E-state index in [2.05, 4.69) is 10.6 Å². The zero-order chi connectivity index (χ0) is 15.2. The zero-order valence-electron chi connectivity index (χ0n) is 11.4. The lowest BCUT2D eigenvalue weighted by Crippen LogP contribution is -2.51. The summed E-state index contributed by atoms with van der Waals surface area (Å²) in [6.45, 7) is 0.465. The smallest absolute Gasteiger partial charge is 0.258 e. The Balaban J connectivity index is 1.89. The number of thiocarbonyl (C=S) groups is 1. The van der Waals surface area contributed by atoms with Gasteiger partial charge in [-0.15, -0.1) is 0 Å². The number of carbonyl (C=O) groups is 2. The van der Waals surface area contributed by atoms with Crippen molar-refractivity contribution in [3.05, 3.63) is 29.8 Å². The molecule has 1 fully saturated rings. The van der Waals surface area contributed by atoms with Gasteiger partial charge in [-0.3, -0.25) is 9.59 Å². The summed E-state index contributed by atoms with van der Waals surface area (Å²) in [5.41, 5.74) is 6.17. The van der Waals surface area contributed by atoms with Gasteiger partial charge in [0.15, 0.2) is 6.61 Å². The highest BCUT2D eigenvalue weighted by atomic mass is 32.1. The highest BCUT2D eigenvalue weighted by molar-refractivity contribution is 7.80. The lowest BCUT2D eigenvalue weighted by Gasteiger charge is -2.22. The summed E-state index contributed by atoms with van der Waals surface area (Å²) in [4.78, 5) is 23.6. The average Bonchev–Trinajstić information content (AvgIpc) is 2.48. The number of hydrogen-bond donors (Lipinski definition) is 3. The molecule has 1 heterocycles. The molecule has 2 amide bonds. The highest BCUT2D eigenvalue weighted by Crippen LogP contribution is 2.17. The summed E-state index contributed by atoms with van der Waals surface area (Å²) in [7, 11) is 0. The number of amides is 2. The second kappa shape index (κ2) is 7.03. The van der Waals surface area contributed by atoms with Gasteiger partial charge in [0.05, 0.1) is 5.56 Å². The summed E-state index contributed by atoms with van der Waals surface area (Å²) in [5, 5.41) is 5.35. The van der Waals surface area contributed by atoms with Crippen LogP contribution in [0.4, 0.5) is 0 Å². The molecule has 112 valence electrons. The van der Waals surface area contributed by atoms with Crippen molar-refractivity contribution < 1.29 is 14.3 Å². The first-order valence-corrected chi connectivity index (χ1v) is 7.07. The van der Waals surface area contributed by atoms with E-state index in [1.54, 1.807) is 24.3 Å². The Morgan fingerprint density at radius 1 is 1.48 bits per heavy atom. The van der Waals surface area contributed by atoms with Crippen molar-refractivity contribution in [1.29, 1.82) is 0 Å². The van der Waals surface area contributed by atoms with E-state index in [1.165, 1.54) is 0 Å². The predicted molar refractivity (Wildman–Crippen MR) is 82.0 cm³/mol. The molecule has 1 aliphatic rings. The maximum Gasteiger partial charge on any atom is 0.258 e. The zero-order valence-corrected chi connectivity index (χ0v) is 12.2. The van der Waals surface area contributed by atoms with Gasteiger partial charge >= 0.3 is 0 Å². The van der Waals surface area contributed by atoms with Gasteiger partial charge in [-0.25, -0.2) is 0 Å². The number of ether oxygens (including phenoxy) is 1. The molecule has 7 heteroatoms. The van der Waals surface area contributed by atoms with Crippen LogP contribution >= 0.6 is 12.2 Å². The van der Waals surface area contributed by atoms with Crippen molar-refractivity contribution in [2.75, 3.05) is 13.2 Å². The first-order chi connectivity index (χ1) is 10.1. The van der Waals surface area contributed by atoms with Crippen LogP contribution in [0.2, 0.25) is 0 Å². The minimum atomic E-state index is -0.485. The molecule has 0 bridgehead atoms. The number of rotatable bonds is 5. The predicted octanol–water partition coefficient (Wildman–Crippen LogP) is 0.0944. The topological polar surface area (TPSA) is 93.4 Å². The number of nitrogens with two attached hydrogens (primary N) is 1. The largest absolute Gasteiger partial charge is 0.483 e. The molecule has 0 saturated carbocycles. The first-order valence-electron chi connectivity index (χ1n) is 6.66. The fourth-order valence-electron chi connectivity index (χ4n) is 2.09. The van der Waals surface area contributed by atoms with E-state index in [0.717, 1.165) is 6.42 Å². The number of para-hydroxylation sites is 1. The normalized spacial score (nSPS) is 17.7. The quantitative estimate of drug-likeness (QED) is 0.671. The summed E-state index contributed by atoms with van der Waals surface area (Å²) in [5.74, 6) is -0.0545. The second-order valence-electron chi connectivity index (χ2n) is 4.70. The van der Waals surface area contributed by atoms with Crippen LogP contribution in [0.3, 0.4) is 0 Å². The summed E-state index contributed by atoms with van der Waals surface area (Å²) < 4.78 is 5.43. The van der Waals surface area contributed by atoms with E-state index < -0.39 is 6.04 Å². The molecular weight excluding hydrogens is 290 g/mol. The van der Waals surface area contributed by atoms with E-state index in [1.807, 2.05) is 0 Å². The van der Waals surface area contributed by atoms with Gasteiger partial charge in [0, 0.05) is 6.54 Å². The molecule has 6 nitrogen and oxygen atoms in total. The molecule has 0 aromatic heterocycles. The SMILES string of the molecule is NC(=S)c1ccccc1OCC(=O)NC1CCCNC1=O. The molecular formula is C14H17N3O3S. The molecule has 1 aromatic rings. The molecule has 0 radical (unpaired) electrons. The monoisotopic (exact) mass is 307 g/mol. The summed E-state index contributed by atoms with van der Waals surface area (Å²) >= 11 is 4.92. The second-order valence-corrected chi connectivity index (χ2v) is 5.14. The molecule has 2 rings (SSSR count). The number of nitrogens with one attached hydrogen (secondary N) is 2. The van der Waals surface area contributed by atoms with Crippen molar-refractivity contribution >= 4 is 29.0 Å². The van der Waals surface area contributed by atoms with Crippen molar-refractivity contribution in [1.82, 2.24) is 10.6 Å². The van der Waals surface area contributed by atoms with E-state index in [-0.39, 0.29) is 23.4 Å². The van der Waals surface area contributed by atoms with E-state index in [9.17, 15) is 9.59 Å². The molecule has 1 saturated heterocycles. The van der Waals surface area contributed by atoms with Crippen LogP contribution in [-0.4, -0.2) is 36.0 Å². The Kier molecular flexibility index (Phi) is 5.10. The third-order valence-electron chi connectivity index (χ3n) is 3.13. The van der Waals surface area contributed by atoms with Gasteiger partial charge in [-0.2, -0.15) is 0 Å². The average molecular weight is 307 g/mol. The lowest BCUT2D eigenvalue weighted by atomic mass is 10.1. The van der Waals surface area contributed by atoms with Crippen LogP contribution < -0.4 is 21.1 Å². The molecule has 1 aromatic carbocycles. The molecule has 1 aliphatic heterocycles. The van der Waals surface area contributed by atoms with Gasteiger partial charge in [0.25, 0.3) is 5.91 Å². The van der Waals surface area contributed by atoms with E-state index in [0.29, 0.717) is 24.3 Å². The number of piperidine rings is 1. The molecule has 0 aliphatic carbocycles. The van der Waals surface area contributed by atoms with Crippen molar-refractivity contribution in [3.63, 3.8) is 0 Å². The van der Waals surface area contributed by atoms with Crippen LogP contribution in [0.25, 0.3) is 0 Å². The highest BCUT2D eigenvalue weighted by Gasteiger charge is 2.23. The maximum atomic E-state index is 11.8. The van der Waals surface area contributed by atoms with E-state index >= 15 is 0 Å². The fourth-order valence-corrected chi connectivity index (χ4v) is 2.25. The Hall–Kier alpha value is -2.15. The van der Waals surface area contributed by atoms with Crippen LogP contribution in [0.5, 0.6) is 5.75 Å². The van der Waals surface area contributed by atoms with Gasteiger partial charge in [-0.05, 0) is 25.0 Å². The van der Waals surface area contributed by atoms with Crippen molar-refractivity contribution in [2.45, 2.75) is 18.9 Å². The van der Waals surface area contributed by atoms with Crippen LogP contribution in [0, 0.1) is 0 Å². The standard InChI is InChI=1S/C14H17N3O3S/c15-13(21)9-4-1-2-6-11(9)20-8-12(18)17-10-5-3-7-16-14(10)19/h1-2,4,6,10H,3,5,7-8H2,(H2,15,21)(H,16,19)(H,17,18). The van der Waals surface area contributed by atoms with Crippen molar-refractivity contribution in [2.24, 2.45) is 5.73 Å². The molecule has 1 atom stereocenters. The van der Waals surface area contributed by atoms with Crippen LogP contribution in [-0.2, 0) is 9.59 Å². The third-order valence-corrected chi connectivity index (χ3v) is 3.35. The number of hydrogen-bond acceptors (Lipinski definition) is 4. The number of carbonyl (C=O) groups excluding carboxylic acids is 2. The van der Waals surface area contributed by atoms with Gasteiger partial charge in [0.1, 0.15) is 16.8 Å². The molecule has 4 N–H and O–H groups in total. The molecule has 0 spiro atoms. The Bertz CT molecular complexity index is 562. The molecule has 21 heavy (non-hydrogen) atoms. The van der Waals surface area contributed by atoms with Gasteiger partial charge in [-0.1, -0.05) is 24.4 Å². The van der Waals surface area contributed by atoms with Crippen molar-refractivity contribution in [3.8, 4) is 5.75 Å². The van der Waals surface area contributed by atoms with E-state index in [4.69, 9.17) is 22.7 Å². The lowest BCUT2D eigenvalue weighted by molar-refractivity contribution is -0.131. The minimum Gasteiger partial charge on any atom is -0.483 e. The summed E-state index contributed by atoms with van der Waals surface area (Å²) in [6, 6.07) is 6.48. The first kappa shape index (κ1) is 15.2. The summed E-state index contributed by atoms with van der Waals surface area (Å²) in [6.07, 6.45) is 1.49. The fraction of sp³-hybridized carbons (Fsp3) is 0.357. The Morgan fingerprint density at radius 2 is 2.24 bits per heavy atom. The van der Waals surface area contributed by atoms with Gasteiger partial charge < -0.3 is 21.1 Å². The van der Waals surface area contributed by atoms with Crippen LogP contribution in [0.15, 0.2) is 24.3 Å². The van der Waals surface area contributed by atoms with Gasteiger partial charge in [0.2, 0.25) is 5.91 Å². The Morgan fingerprint density at radius 3 is 2.95 bits per heavy atom. The maximum absolute atomic E-state index is 11.8. The number of benzene rings is 1.